The number of aromatic nitrogens is 1. The molecule has 5 nitrogen and oxygen atoms in total. The average Bonchev–Trinajstić information content (AvgIpc) is 2.74. The third-order valence-electron chi connectivity index (χ3n) is 4.27. The summed E-state index contributed by atoms with van der Waals surface area (Å²) in [7, 11) is 1.63. The van der Waals surface area contributed by atoms with Crippen molar-refractivity contribution in [1.29, 1.82) is 0 Å². The van der Waals surface area contributed by atoms with E-state index in [1.807, 2.05) is 24.3 Å². The summed E-state index contributed by atoms with van der Waals surface area (Å²) in [6, 6.07) is 15.8. The summed E-state index contributed by atoms with van der Waals surface area (Å²) < 4.78 is 18.1. The number of anilines is 1. The van der Waals surface area contributed by atoms with Crippen LogP contribution >= 0.6 is 0 Å². The molecule has 2 N–H and O–H groups in total. The van der Waals surface area contributed by atoms with Crippen LogP contribution in [0.25, 0.3) is 0 Å². The first kappa shape index (κ1) is 19.4. The number of benzene rings is 2. The molecule has 144 valence electrons. The molecule has 0 bridgehead atoms. The van der Waals surface area contributed by atoms with Crippen molar-refractivity contribution >= 4 is 11.6 Å². The number of halogens is 1. The third-order valence-corrected chi connectivity index (χ3v) is 4.27. The quantitative estimate of drug-likeness (QED) is 0.625. The second-order valence-electron chi connectivity index (χ2n) is 6.30. The van der Waals surface area contributed by atoms with Crippen molar-refractivity contribution < 1.29 is 13.9 Å². The van der Waals surface area contributed by atoms with E-state index in [1.165, 1.54) is 18.3 Å². The normalized spacial score (nSPS) is 10.4. The summed E-state index contributed by atoms with van der Waals surface area (Å²) in [5, 5.41) is 6.12. The molecule has 0 spiro atoms. The largest absolute Gasteiger partial charge is 0.497 e. The van der Waals surface area contributed by atoms with Gasteiger partial charge in [-0.2, -0.15) is 0 Å². The highest BCUT2D eigenvalue weighted by Gasteiger charge is 2.07. The van der Waals surface area contributed by atoms with Gasteiger partial charge in [-0.3, -0.25) is 9.78 Å². The monoisotopic (exact) mass is 379 g/mol. The lowest BCUT2D eigenvalue weighted by Gasteiger charge is -2.09. The van der Waals surface area contributed by atoms with Gasteiger partial charge in [0.25, 0.3) is 5.91 Å². The number of hydrogen-bond donors (Lipinski definition) is 2. The third kappa shape index (κ3) is 5.54. The van der Waals surface area contributed by atoms with Gasteiger partial charge in [-0.05, 0) is 47.9 Å². The molecule has 1 amide bonds. The van der Waals surface area contributed by atoms with E-state index in [4.69, 9.17) is 4.74 Å². The van der Waals surface area contributed by atoms with E-state index in [1.54, 1.807) is 31.5 Å². The van der Waals surface area contributed by atoms with E-state index in [0.717, 1.165) is 22.6 Å². The fourth-order valence-electron chi connectivity index (χ4n) is 2.68. The van der Waals surface area contributed by atoms with E-state index >= 15 is 0 Å². The van der Waals surface area contributed by atoms with Crippen molar-refractivity contribution in [3.63, 3.8) is 0 Å². The molecule has 1 heterocycles. The first-order chi connectivity index (χ1) is 13.6. The molecule has 0 aliphatic heterocycles. The Morgan fingerprint density at radius 3 is 2.46 bits per heavy atom. The Hall–Kier alpha value is -3.41. The number of methoxy groups -OCH3 is 1. The number of nitrogens with zero attached hydrogens (tertiary/aromatic N) is 1. The van der Waals surface area contributed by atoms with Crippen molar-refractivity contribution in [3.05, 3.63) is 89.5 Å². The minimum absolute atomic E-state index is 0.192. The maximum absolute atomic E-state index is 12.9. The summed E-state index contributed by atoms with van der Waals surface area (Å²) >= 11 is 0. The fraction of sp³-hybridized carbons (Fsp3) is 0.182. The van der Waals surface area contributed by atoms with Gasteiger partial charge >= 0.3 is 0 Å². The van der Waals surface area contributed by atoms with Gasteiger partial charge in [0.2, 0.25) is 0 Å². The van der Waals surface area contributed by atoms with Crippen LogP contribution in [0.1, 0.15) is 21.5 Å². The highest BCUT2D eigenvalue weighted by atomic mass is 19.1. The van der Waals surface area contributed by atoms with Crippen molar-refractivity contribution in [1.82, 2.24) is 10.3 Å². The second-order valence-corrected chi connectivity index (χ2v) is 6.30. The number of amides is 1. The zero-order valence-electron chi connectivity index (χ0n) is 15.6. The van der Waals surface area contributed by atoms with Crippen LogP contribution in [0.5, 0.6) is 5.75 Å². The van der Waals surface area contributed by atoms with E-state index < -0.39 is 0 Å². The molecule has 6 heteroatoms. The highest BCUT2D eigenvalue weighted by molar-refractivity contribution is 5.94. The van der Waals surface area contributed by atoms with E-state index in [-0.39, 0.29) is 11.7 Å². The molecule has 0 fully saturated rings. The highest BCUT2D eigenvalue weighted by Crippen LogP contribution is 2.14. The van der Waals surface area contributed by atoms with E-state index in [0.29, 0.717) is 25.1 Å². The van der Waals surface area contributed by atoms with Crippen molar-refractivity contribution in [2.45, 2.75) is 13.0 Å². The van der Waals surface area contributed by atoms with Gasteiger partial charge in [0.1, 0.15) is 11.6 Å². The molecule has 0 aliphatic carbocycles. The predicted octanol–water partition coefficient (Wildman–Crippen LogP) is 3.81. The molecule has 28 heavy (non-hydrogen) atoms. The molecule has 0 radical (unpaired) electrons. The number of ether oxygens (including phenoxy) is 1. The van der Waals surface area contributed by atoms with Gasteiger partial charge < -0.3 is 15.4 Å². The Morgan fingerprint density at radius 1 is 1.04 bits per heavy atom. The molecular weight excluding hydrogens is 357 g/mol. The minimum atomic E-state index is -0.266. The zero-order valence-corrected chi connectivity index (χ0v) is 15.6. The molecule has 0 atom stereocenters. The molecular formula is C22H22FN3O2. The van der Waals surface area contributed by atoms with Crippen LogP contribution in [-0.2, 0) is 13.0 Å². The van der Waals surface area contributed by atoms with Crippen molar-refractivity contribution in [2.24, 2.45) is 0 Å². The maximum atomic E-state index is 12.9. The Bertz CT molecular complexity index is 912. The Kier molecular flexibility index (Phi) is 6.57. The summed E-state index contributed by atoms with van der Waals surface area (Å²) in [6.07, 6.45) is 3.85. The SMILES string of the molecule is COc1ccc(CNc2cncc(C(=O)NCCc3ccc(F)cc3)c2)cc1. The number of hydrogen-bond acceptors (Lipinski definition) is 4. The average molecular weight is 379 g/mol. The van der Waals surface area contributed by atoms with Crippen LogP contribution in [0.15, 0.2) is 67.0 Å². The Morgan fingerprint density at radius 2 is 1.75 bits per heavy atom. The van der Waals surface area contributed by atoms with Gasteiger partial charge in [0.05, 0.1) is 18.4 Å². The number of carbonyl (C=O) groups is 1. The molecule has 3 aromatic rings. The van der Waals surface area contributed by atoms with E-state index in [9.17, 15) is 9.18 Å². The number of nitrogens with one attached hydrogen (secondary N) is 2. The predicted molar refractivity (Wildman–Crippen MR) is 107 cm³/mol. The number of carbonyl (C=O) groups excluding carboxylic acids is 1. The standard InChI is InChI=1S/C22H22FN3O2/c1-28-21-8-4-17(5-9-21)13-26-20-12-18(14-24-15-20)22(27)25-11-10-16-2-6-19(23)7-3-16/h2-9,12,14-15,26H,10-11,13H2,1H3,(H,25,27). The smallest absolute Gasteiger partial charge is 0.252 e. The molecule has 3 rings (SSSR count). The summed E-state index contributed by atoms with van der Waals surface area (Å²) in [5.41, 5.74) is 3.31. The van der Waals surface area contributed by atoms with Crippen molar-refractivity contribution in [3.8, 4) is 5.75 Å². The topological polar surface area (TPSA) is 63.2 Å². The van der Waals surface area contributed by atoms with Crippen LogP contribution in [0.3, 0.4) is 0 Å². The Labute approximate surface area is 163 Å². The van der Waals surface area contributed by atoms with Crippen molar-refractivity contribution in [2.75, 3.05) is 19.0 Å². The van der Waals surface area contributed by atoms with Gasteiger partial charge in [0.15, 0.2) is 0 Å². The van der Waals surface area contributed by atoms with Gasteiger partial charge in [0, 0.05) is 25.5 Å². The Balaban J connectivity index is 1.51. The number of pyridine rings is 1. The summed E-state index contributed by atoms with van der Waals surface area (Å²) in [5.74, 6) is 0.352. The summed E-state index contributed by atoms with van der Waals surface area (Å²) in [6.45, 7) is 1.08. The lowest BCUT2D eigenvalue weighted by molar-refractivity contribution is 0.0954. The lowest BCUT2D eigenvalue weighted by atomic mass is 10.1. The molecule has 0 unspecified atom stereocenters. The van der Waals surface area contributed by atoms with Crippen LogP contribution in [0.4, 0.5) is 10.1 Å². The molecule has 0 aliphatic rings. The second kappa shape index (κ2) is 9.50. The minimum Gasteiger partial charge on any atom is -0.497 e. The van der Waals surface area contributed by atoms with Crippen LogP contribution in [0.2, 0.25) is 0 Å². The van der Waals surface area contributed by atoms with E-state index in [2.05, 4.69) is 15.6 Å². The molecule has 2 aromatic carbocycles. The first-order valence-corrected chi connectivity index (χ1v) is 8.98. The van der Waals surface area contributed by atoms with Gasteiger partial charge in [-0.15, -0.1) is 0 Å². The van der Waals surface area contributed by atoms with Crippen LogP contribution in [-0.4, -0.2) is 24.5 Å². The zero-order chi connectivity index (χ0) is 19.8. The van der Waals surface area contributed by atoms with Crippen LogP contribution < -0.4 is 15.4 Å². The van der Waals surface area contributed by atoms with Crippen LogP contribution in [0, 0.1) is 5.82 Å². The first-order valence-electron chi connectivity index (χ1n) is 8.98. The maximum Gasteiger partial charge on any atom is 0.252 e. The molecule has 0 saturated carbocycles. The molecule has 1 aromatic heterocycles. The summed E-state index contributed by atoms with van der Waals surface area (Å²) in [4.78, 5) is 16.5. The number of rotatable bonds is 8. The van der Waals surface area contributed by atoms with Gasteiger partial charge in [-0.1, -0.05) is 24.3 Å². The lowest BCUT2D eigenvalue weighted by Crippen LogP contribution is -2.25. The molecule has 0 saturated heterocycles. The van der Waals surface area contributed by atoms with Gasteiger partial charge in [-0.25, -0.2) is 4.39 Å². The fourth-order valence-corrected chi connectivity index (χ4v) is 2.68.